The fourth-order valence-electron chi connectivity index (χ4n) is 5.13. The Morgan fingerprint density at radius 2 is 1.69 bits per heavy atom. The molecule has 0 aromatic heterocycles. The number of ether oxygens (including phenoxy) is 1. The fourth-order valence-corrected chi connectivity index (χ4v) is 5.13. The molecule has 4 unspecified atom stereocenters. The lowest BCUT2D eigenvalue weighted by Crippen LogP contribution is -2.29. The van der Waals surface area contributed by atoms with Gasteiger partial charge in [0.25, 0.3) is 0 Å². The molecule has 0 radical (unpaired) electrons. The summed E-state index contributed by atoms with van der Waals surface area (Å²) in [5.74, 6) is 1.95. The first-order chi connectivity index (χ1) is 12.5. The van der Waals surface area contributed by atoms with Crippen molar-refractivity contribution in [2.24, 2.45) is 17.8 Å². The monoisotopic (exact) mass is 362 g/mol. The quantitative estimate of drug-likeness (QED) is 0.577. The van der Waals surface area contributed by atoms with Crippen LogP contribution < -0.4 is 4.74 Å². The van der Waals surface area contributed by atoms with E-state index in [1.165, 1.54) is 56.2 Å². The van der Waals surface area contributed by atoms with Crippen molar-refractivity contribution in [1.82, 2.24) is 0 Å². The first kappa shape index (κ1) is 17.7. The molecule has 0 heterocycles. The van der Waals surface area contributed by atoms with E-state index in [0.717, 1.165) is 28.5 Å². The van der Waals surface area contributed by atoms with Crippen LogP contribution in [0.15, 0.2) is 30.3 Å². The van der Waals surface area contributed by atoms with Crippen molar-refractivity contribution in [2.75, 3.05) is 0 Å². The average molecular weight is 362 g/mol. The van der Waals surface area contributed by atoms with Gasteiger partial charge in [0.15, 0.2) is 11.6 Å². The zero-order valence-electron chi connectivity index (χ0n) is 15.1. The number of halogens is 3. The molecule has 4 atom stereocenters. The molecule has 0 bridgehead atoms. The highest BCUT2D eigenvalue weighted by atomic mass is 19.3. The summed E-state index contributed by atoms with van der Waals surface area (Å²) < 4.78 is 43.1. The Morgan fingerprint density at radius 1 is 0.923 bits per heavy atom. The van der Waals surface area contributed by atoms with E-state index in [2.05, 4.69) is 17.7 Å². The Morgan fingerprint density at radius 3 is 2.50 bits per heavy atom. The molecule has 4 heteroatoms. The van der Waals surface area contributed by atoms with Crippen LogP contribution in [0.1, 0.15) is 56.9 Å². The minimum Gasteiger partial charge on any atom is -0.432 e. The van der Waals surface area contributed by atoms with Gasteiger partial charge in [0.1, 0.15) is 0 Å². The van der Waals surface area contributed by atoms with Crippen LogP contribution in [-0.4, -0.2) is 6.61 Å². The largest absolute Gasteiger partial charge is 0.432 e. The van der Waals surface area contributed by atoms with E-state index in [0.29, 0.717) is 5.92 Å². The standard InChI is InChI=1S/C22H25F3O/c1-13-2-3-15-9-16(5-4-14(15)8-13)17-6-7-18-12-21(26-22(24)25)20(23)11-19(18)10-17/h6-7,10-16,22H,2-5,8-9H2,1H3. The Bertz CT molecular complexity index is 788. The molecule has 26 heavy (non-hydrogen) atoms. The van der Waals surface area contributed by atoms with Crippen LogP contribution >= 0.6 is 0 Å². The maximum atomic E-state index is 14.1. The maximum Gasteiger partial charge on any atom is 0.387 e. The van der Waals surface area contributed by atoms with Crippen molar-refractivity contribution in [3.63, 3.8) is 0 Å². The summed E-state index contributed by atoms with van der Waals surface area (Å²) in [6.07, 6.45) is 7.73. The van der Waals surface area contributed by atoms with Crippen LogP contribution in [0.3, 0.4) is 0 Å². The van der Waals surface area contributed by atoms with E-state index in [4.69, 9.17) is 0 Å². The van der Waals surface area contributed by atoms with Crippen molar-refractivity contribution >= 4 is 10.8 Å². The Balaban J connectivity index is 1.56. The molecule has 0 amide bonds. The summed E-state index contributed by atoms with van der Waals surface area (Å²) in [4.78, 5) is 0. The molecule has 4 rings (SSSR count). The molecule has 2 saturated carbocycles. The second-order valence-electron chi connectivity index (χ2n) is 8.22. The molecule has 2 fully saturated rings. The minimum absolute atomic E-state index is 0.392. The van der Waals surface area contributed by atoms with Crippen molar-refractivity contribution < 1.29 is 17.9 Å². The number of fused-ring (bicyclic) bond motifs is 2. The Labute approximate surface area is 152 Å². The highest BCUT2D eigenvalue weighted by Gasteiger charge is 2.34. The lowest BCUT2D eigenvalue weighted by atomic mass is 9.64. The van der Waals surface area contributed by atoms with Gasteiger partial charge in [-0.2, -0.15) is 8.78 Å². The van der Waals surface area contributed by atoms with Gasteiger partial charge < -0.3 is 4.74 Å². The molecular weight excluding hydrogens is 337 g/mol. The predicted octanol–water partition coefficient (Wildman–Crippen LogP) is 6.90. The Kier molecular flexibility index (Phi) is 4.85. The SMILES string of the molecule is CC1CCC2CC(c3ccc4cc(OC(F)F)c(F)cc4c3)CCC2C1. The first-order valence-electron chi connectivity index (χ1n) is 9.67. The highest BCUT2D eigenvalue weighted by Crippen LogP contribution is 2.47. The van der Waals surface area contributed by atoms with E-state index in [1.54, 1.807) is 0 Å². The van der Waals surface area contributed by atoms with Crippen molar-refractivity contribution in [3.05, 3.63) is 41.7 Å². The van der Waals surface area contributed by atoms with E-state index in [9.17, 15) is 13.2 Å². The van der Waals surface area contributed by atoms with Gasteiger partial charge in [0.2, 0.25) is 0 Å². The summed E-state index contributed by atoms with van der Waals surface area (Å²) in [6, 6.07) is 8.67. The van der Waals surface area contributed by atoms with Gasteiger partial charge in [-0.25, -0.2) is 4.39 Å². The highest BCUT2D eigenvalue weighted by molar-refractivity contribution is 5.84. The van der Waals surface area contributed by atoms with E-state index < -0.39 is 18.2 Å². The lowest BCUT2D eigenvalue weighted by Gasteiger charge is -2.41. The molecule has 0 spiro atoms. The van der Waals surface area contributed by atoms with Crippen molar-refractivity contribution in [3.8, 4) is 5.75 Å². The predicted molar refractivity (Wildman–Crippen MR) is 97.1 cm³/mol. The molecular formula is C22H25F3O. The molecule has 0 saturated heterocycles. The summed E-state index contributed by atoms with van der Waals surface area (Å²) in [7, 11) is 0. The van der Waals surface area contributed by atoms with Crippen LogP contribution in [0.2, 0.25) is 0 Å². The average Bonchev–Trinajstić information content (AvgIpc) is 2.61. The van der Waals surface area contributed by atoms with Gasteiger partial charge in [-0.3, -0.25) is 0 Å². The van der Waals surface area contributed by atoms with Gasteiger partial charge in [-0.05, 0) is 84.2 Å². The molecule has 2 aromatic carbocycles. The number of alkyl halides is 2. The molecule has 0 N–H and O–H groups in total. The number of benzene rings is 2. The summed E-state index contributed by atoms with van der Waals surface area (Å²) in [5.41, 5.74) is 1.25. The molecule has 140 valence electrons. The molecule has 2 aromatic rings. The topological polar surface area (TPSA) is 9.23 Å². The van der Waals surface area contributed by atoms with Crippen molar-refractivity contribution in [1.29, 1.82) is 0 Å². The fraction of sp³-hybridized carbons (Fsp3) is 0.545. The number of rotatable bonds is 3. The van der Waals surface area contributed by atoms with Crippen LogP contribution in [0.4, 0.5) is 13.2 Å². The first-order valence-corrected chi connectivity index (χ1v) is 9.67. The van der Waals surface area contributed by atoms with E-state index in [1.807, 2.05) is 12.1 Å². The normalized spacial score (nSPS) is 29.0. The summed E-state index contributed by atoms with van der Waals surface area (Å²) in [5, 5.41) is 1.48. The van der Waals surface area contributed by atoms with Gasteiger partial charge in [-0.15, -0.1) is 0 Å². The molecule has 2 aliphatic carbocycles. The van der Waals surface area contributed by atoms with Gasteiger partial charge in [0.05, 0.1) is 0 Å². The number of hydrogen-bond acceptors (Lipinski definition) is 1. The van der Waals surface area contributed by atoms with Gasteiger partial charge in [-0.1, -0.05) is 31.5 Å². The second-order valence-corrected chi connectivity index (χ2v) is 8.22. The van der Waals surface area contributed by atoms with Crippen LogP contribution in [0.5, 0.6) is 5.75 Å². The second kappa shape index (κ2) is 7.13. The molecule has 1 nitrogen and oxygen atoms in total. The van der Waals surface area contributed by atoms with Crippen molar-refractivity contribution in [2.45, 2.75) is 58.0 Å². The summed E-state index contributed by atoms with van der Waals surface area (Å²) in [6.45, 7) is -0.652. The van der Waals surface area contributed by atoms with Gasteiger partial charge >= 0.3 is 6.61 Å². The zero-order valence-corrected chi connectivity index (χ0v) is 15.1. The lowest BCUT2D eigenvalue weighted by molar-refractivity contribution is -0.0520. The van der Waals surface area contributed by atoms with Gasteiger partial charge in [0, 0.05) is 0 Å². The smallest absolute Gasteiger partial charge is 0.387 e. The zero-order chi connectivity index (χ0) is 18.3. The minimum atomic E-state index is -3.02. The van der Waals surface area contributed by atoms with E-state index >= 15 is 0 Å². The third-order valence-corrected chi connectivity index (χ3v) is 6.48. The van der Waals surface area contributed by atoms with E-state index in [-0.39, 0.29) is 0 Å². The third-order valence-electron chi connectivity index (χ3n) is 6.48. The summed E-state index contributed by atoms with van der Waals surface area (Å²) >= 11 is 0. The van der Waals surface area contributed by atoms with Crippen LogP contribution in [0, 0.1) is 23.6 Å². The molecule has 0 aliphatic heterocycles. The Hall–Kier alpha value is -1.71. The number of hydrogen-bond donors (Lipinski definition) is 0. The third kappa shape index (κ3) is 3.56. The van der Waals surface area contributed by atoms with Crippen LogP contribution in [0.25, 0.3) is 10.8 Å². The molecule has 2 aliphatic rings. The maximum absolute atomic E-state index is 14.1. The van der Waals surface area contributed by atoms with Crippen LogP contribution in [-0.2, 0) is 0 Å².